The SMILES string of the molecule is CCNS(=O)(=O)N1C2CCC1CC(N)C2. The summed E-state index contributed by atoms with van der Waals surface area (Å²) in [6.45, 7) is 2.25. The normalized spacial score (nSPS) is 37.1. The van der Waals surface area contributed by atoms with Crippen LogP contribution in [0.5, 0.6) is 0 Å². The Labute approximate surface area is 91.2 Å². The summed E-state index contributed by atoms with van der Waals surface area (Å²) in [4.78, 5) is 0. The van der Waals surface area contributed by atoms with Crippen molar-refractivity contribution in [3.05, 3.63) is 0 Å². The van der Waals surface area contributed by atoms with Gasteiger partial charge in [0.1, 0.15) is 0 Å². The zero-order valence-corrected chi connectivity index (χ0v) is 9.83. The molecule has 0 spiro atoms. The van der Waals surface area contributed by atoms with Crippen LogP contribution in [0, 0.1) is 0 Å². The van der Waals surface area contributed by atoms with E-state index in [9.17, 15) is 8.42 Å². The number of nitrogens with zero attached hydrogens (tertiary/aromatic N) is 1. The monoisotopic (exact) mass is 233 g/mol. The van der Waals surface area contributed by atoms with Crippen LogP contribution < -0.4 is 10.5 Å². The lowest BCUT2D eigenvalue weighted by atomic mass is 10.0. The Morgan fingerprint density at radius 2 is 1.87 bits per heavy atom. The summed E-state index contributed by atoms with van der Waals surface area (Å²) < 4.78 is 28.1. The van der Waals surface area contributed by atoms with E-state index in [0.717, 1.165) is 25.7 Å². The molecule has 0 amide bonds. The zero-order valence-electron chi connectivity index (χ0n) is 9.02. The number of piperidine rings is 1. The number of hydrogen-bond acceptors (Lipinski definition) is 3. The van der Waals surface area contributed by atoms with Gasteiger partial charge >= 0.3 is 0 Å². The van der Waals surface area contributed by atoms with Crippen LogP contribution in [0.2, 0.25) is 0 Å². The molecular formula is C9H19N3O2S. The van der Waals surface area contributed by atoms with E-state index in [1.807, 2.05) is 0 Å². The first kappa shape index (κ1) is 11.3. The van der Waals surface area contributed by atoms with Crippen LogP contribution in [0.4, 0.5) is 0 Å². The lowest BCUT2D eigenvalue weighted by Gasteiger charge is -2.36. The largest absolute Gasteiger partial charge is 0.328 e. The van der Waals surface area contributed by atoms with Gasteiger partial charge in [0.25, 0.3) is 10.2 Å². The topological polar surface area (TPSA) is 75.4 Å². The second kappa shape index (κ2) is 4.01. The first-order valence-electron chi connectivity index (χ1n) is 5.58. The van der Waals surface area contributed by atoms with Crippen molar-refractivity contribution >= 4 is 10.2 Å². The average molecular weight is 233 g/mol. The van der Waals surface area contributed by atoms with Crippen molar-refractivity contribution < 1.29 is 8.42 Å². The minimum absolute atomic E-state index is 0.128. The Hall–Kier alpha value is -0.170. The molecule has 15 heavy (non-hydrogen) atoms. The number of fused-ring (bicyclic) bond motifs is 2. The van der Waals surface area contributed by atoms with Gasteiger partial charge in [0.05, 0.1) is 0 Å². The quantitative estimate of drug-likeness (QED) is 0.708. The van der Waals surface area contributed by atoms with Crippen molar-refractivity contribution in [3.8, 4) is 0 Å². The van der Waals surface area contributed by atoms with Gasteiger partial charge < -0.3 is 5.73 Å². The van der Waals surface area contributed by atoms with Crippen molar-refractivity contribution in [2.45, 2.75) is 50.7 Å². The smallest absolute Gasteiger partial charge is 0.279 e. The molecule has 2 atom stereocenters. The van der Waals surface area contributed by atoms with E-state index in [4.69, 9.17) is 5.73 Å². The molecule has 0 aromatic carbocycles. The molecule has 2 rings (SSSR count). The summed E-state index contributed by atoms with van der Waals surface area (Å²) in [5.74, 6) is 0. The minimum Gasteiger partial charge on any atom is -0.328 e. The first-order valence-corrected chi connectivity index (χ1v) is 7.02. The van der Waals surface area contributed by atoms with E-state index >= 15 is 0 Å². The van der Waals surface area contributed by atoms with Crippen LogP contribution in [-0.4, -0.2) is 37.4 Å². The summed E-state index contributed by atoms with van der Waals surface area (Å²) in [5, 5.41) is 0. The van der Waals surface area contributed by atoms with E-state index in [1.165, 1.54) is 0 Å². The Bertz CT molecular complexity index is 316. The third-order valence-corrected chi connectivity index (χ3v) is 5.11. The molecular weight excluding hydrogens is 214 g/mol. The highest BCUT2D eigenvalue weighted by atomic mass is 32.2. The summed E-state index contributed by atoms with van der Waals surface area (Å²) >= 11 is 0. The van der Waals surface area contributed by atoms with E-state index in [2.05, 4.69) is 4.72 Å². The van der Waals surface area contributed by atoms with Crippen LogP contribution >= 0.6 is 0 Å². The van der Waals surface area contributed by atoms with Crippen LogP contribution in [0.1, 0.15) is 32.6 Å². The van der Waals surface area contributed by atoms with Gasteiger partial charge in [-0.15, -0.1) is 0 Å². The van der Waals surface area contributed by atoms with Gasteiger partial charge in [-0.3, -0.25) is 0 Å². The third-order valence-electron chi connectivity index (χ3n) is 3.31. The average Bonchev–Trinajstić information content (AvgIpc) is 2.40. The number of hydrogen-bond donors (Lipinski definition) is 2. The second-order valence-electron chi connectivity index (χ2n) is 4.45. The first-order chi connectivity index (χ1) is 7.04. The fraction of sp³-hybridized carbons (Fsp3) is 1.00. The standard InChI is InChI=1S/C9H19N3O2S/c1-2-11-15(13,14)12-8-3-4-9(12)6-7(10)5-8/h7-9,11H,2-6,10H2,1H3. The van der Waals surface area contributed by atoms with E-state index in [1.54, 1.807) is 11.2 Å². The maximum Gasteiger partial charge on any atom is 0.279 e. The molecule has 2 aliphatic heterocycles. The van der Waals surface area contributed by atoms with Crippen LogP contribution in [0.25, 0.3) is 0 Å². The number of nitrogens with one attached hydrogen (secondary N) is 1. The fourth-order valence-electron chi connectivity index (χ4n) is 2.83. The highest BCUT2D eigenvalue weighted by molar-refractivity contribution is 7.87. The van der Waals surface area contributed by atoms with Crippen LogP contribution in [0.3, 0.4) is 0 Å². The predicted octanol–water partition coefficient (Wildman–Crippen LogP) is -0.205. The molecule has 3 N–H and O–H groups in total. The zero-order chi connectivity index (χ0) is 11.1. The van der Waals surface area contributed by atoms with E-state index < -0.39 is 10.2 Å². The molecule has 0 aliphatic carbocycles. The molecule has 0 aromatic heterocycles. The Morgan fingerprint density at radius 3 is 2.33 bits per heavy atom. The van der Waals surface area contributed by atoms with Crippen molar-refractivity contribution in [2.75, 3.05) is 6.54 Å². The van der Waals surface area contributed by atoms with Crippen LogP contribution in [0.15, 0.2) is 0 Å². The van der Waals surface area contributed by atoms with Gasteiger partial charge in [-0.1, -0.05) is 6.92 Å². The molecule has 0 saturated carbocycles. The van der Waals surface area contributed by atoms with Gasteiger partial charge in [-0.25, -0.2) is 4.72 Å². The predicted molar refractivity (Wildman–Crippen MR) is 58.5 cm³/mol. The molecule has 2 aliphatic rings. The molecule has 0 radical (unpaired) electrons. The minimum atomic E-state index is -3.26. The van der Waals surface area contributed by atoms with Gasteiger partial charge in [-0.2, -0.15) is 12.7 Å². The van der Waals surface area contributed by atoms with Gasteiger partial charge in [0.15, 0.2) is 0 Å². The summed E-state index contributed by atoms with van der Waals surface area (Å²) in [6.07, 6.45) is 3.54. The summed E-state index contributed by atoms with van der Waals surface area (Å²) in [7, 11) is -3.26. The molecule has 88 valence electrons. The second-order valence-corrected chi connectivity index (χ2v) is 6.11. The Kier molecular flexibility index (Phi) is 3.03. The fourth-order valence-corrected chi connectivity index (χ4v) is 4.51. The van der Waals surface area contributed by atoms with Crippen molar-refractivity contribution in [1.29, 1.82) is 0 Å². The molecule has 2 saturated heterocycles. The molecule has 0 aromatic rings. The van der Waals surface area contributed by atoms with E-state index in [0.29, 0.717) is 6.54 Å². The molecule has 5 nitrogen and oxygen atoms in total. The molecule has 2 unspecified atom stereocenters. The van der Waals surface area contributed by atoms with Gasteiger partial charge in [0.2, 0.25) is 0 Å². The number of nitrogens with two attached hydrogens (primary N) is 1. The van der Waals surface area contributed by atoms with Crippen molar-refractivity contribution in [3.63, 3.8) is 0 Å². The maximum absolute atomic E-state index is 11.9. The lowest BCUT2D eigenvalue weighted by Crippen LogP contribution is -2.53. The summed E-state index contributed by atoms with van der Waals surface area (Å²) in [6, 6.07) is 0.432. The molecule has 2 fully saturated rings. The Balaban J connectivity index is 2.18. The van der Waals surface area contributed by atoms with Crippen molar-refractivity contribution in [2.24, 2.45) is 5.73 Å². The highest BCUT2D eigenvalue weighted by Crippen LogP contribution is 2.36. The molecule has 2 heterocycles. The van der Waals surface area contributed by atoms with Gasteiger partial charge in [-0.05, 0) is 25.7 Å². The summed E-state index contributed by atoms with van der Waals surface area (Å²) in [5.41, 5.74) is 5.89. The number of rotatable bonds is 3. The maximum atomic E-state index is 11.9. The van der Waals surface area contributed by atoms with Crippen molar-refractivity contribution in [1.82, 2.24) is 9.03 Å². The molecule has 6 heteroatoms. The van der Waals surface area contributed by atoms with E-state index in [-0.39, 0.29) is 18.1 Å². The highest BCUT2D eigenvalue weighted by Gasteiger charge is 2.45. The molecule has 2 bridgehead atoms. The van der Waals surface area contributed by atoms with Gasteiger partial charge in [0, 0.05) is 24.7 Å². The lowest BCUT2D eigenvalue weighted by molar-refractivity contribution is 0.225. The Morgan fingerprint density at radius 1 is 1.33 bits per heavy atom. The third kappa shape index (κ3) is 2.04. The van der Waals surface area contributed by atoms with Crippen LogP contribution in [-0.2, 0) is 10.2 Å².